The maximum absolute atomic E-state index is 11.2. The number of rotatable bonds is 11. The molecule has 2 saturated heterocycles. The largest absolute Gasteiger partial charge is 0.481 e. The van der Waals surface area contributed by atoms with Gasteiger partial charge in [0.15, 0.2) is 11.4 Å². The fraction of sp³-hybridized carbons (Fsp3) is 0.326. The standard InChI is InChI=1S/C43H43N7O4/c1-26-34(35-8-4-10-37(27(35)2)47-42-40-30(13-15-45-42)19-29(22-46-40)23-49-17-14-33(51)25-49)7-3-9-36(26)43-48-38-20-28(18-31(21-44)41(38)54-43)24-50-16-5-6-32(50)11-12-39(52)53/h3-4,7-10,13,15,18-20,22,32-33,51H,5-6,11-12,14,16-17,23-25H2,1-2H3,(H,45,47)(H,52,53)/t32?,33-/m1/s1. The van der Waals surface area contributed by atoms with Gasteiger partial charge in [-0.25, -0.2) is 9.97 Å². The third kappa shape index (κ3) is 7.16. The Morgan fingerprint density at radius 1 is 0.981 bits per heavy atom. The first-order valence-corrected chi connectivity index (χ1v) is 18.6. The molecule has 1 unspecified atom stereocenters. The third-order valence-electron chi connectivity index (χ3n) is 11.0. The quantitative estimate of drug-likeness (QED) is 0.121. The smallest absolute Gasteiger partial charge is 0.303 e. The second-order valence-corrected chi connectivity index (χ2v) is 14.7. The molecule has 0 bridgehead atoms. The number of pyridine rings is 2. The number of nitrogens with one attached hydrogen (secondary N) is 1. The van der Waals surface area contributed by atoms with E-state index in [0.717, 1.165) is 94.4 Å². The summed E-state index contributed by atoms with van der Waals surface area (Å²) in [4.78, 5) is 30.2. The van der Waals surface area contributed by atoms with Crippen LogP contribution < -0.4 is 5.32 Å². The summed E-state index contributed by atoms with van der Waals surface area (Å²) in [6, 6.07) is 22.8. The Balaban J connectivity index is 1.06. The Hall–Kier alpha value is -5.67. The summed E-state index contributed by atoms with van der Waals surface area (Å²) in [5.41, 5.74) is 10.3. The number of β-amino-alcohol motifs (C(OH)–C–C–N with tert-alkyl or cyclic N) is 1. The van der Waals surface area contributed by atoms with Crippen LogP contribution >= 0.6 is 0 Å². The van der Waals surface area contributed by atoms with E-state index < -0.39 is 5.97 Å². The topological polar surface area (TPSA) is 152 Å². The van der Waals surface area contributed by atoms with E-state index in [4.69, 9.17) is 14.4 Å². The summed E-state index contributed by atoms with van der Waals surface area (Å²) >= 11 is 0. The molecule has 54 heavy (non-hydrogen) atoms. The first-order chi connectivity index (χ1) is 26.2. The van der Waals surface area contributed by atoms with Gasteiger partial charge in [-0.2, -0.15) is 5.26 Å². The van der Waals surface area contributed by atoms with E-state index in [-0.39, 0.29) is 18.6 Å². The normalized spacial score (nSPS) is 17.7. The number of aliphatic carboxylic acids is 1. The minimum absolute atomic E-state index is 0.155. The van der Waals surface area contributed by atoms with Crippen LogP contribution in [-0.2, 0) is 17.9 Å². The first kappa shape index (κ1) is 35.4. The van der Waals surface area contributed by atoms with Crippen LogP contribution in [-0.4, -0.2) is 72.7 Å². The van der Waals surface area contributed by atoms with E-state index in [2.05, 4.69) is 58.2 Å². The van der Waals surface area contributed by atoms with Crippen molar-refractivity contribution in [3.63, 3.8) is 0 Å². The van der Waals surface area contributed by atoms with Crippen LogP contribution in [0.1, 0.15) is 59.9 Å². The van der Waals surface area contributed by atoms with Crippen molar-refractivity contribution in [2.45, 2.75) is 71.2 Å². The number of benzene rings is 3. The van der Waals surface area contributed by atoms with Crippen LogP contribution in [0.5, 0.6) is 0 Å². The highest BCUT2D eigenvalue weighted by molar-refractivity contribution is 5.91. The van der Waals surface area contributed by atoms with Gasteiger partial charge in [0.05, 0.1) is 11.7 Å². The maximum atomic E-state index is 11.2. The summed E-state index contributed by atoms with van der Waals surface area (Å²) in [6.07, 6.45) is 7.04. The number of aliphatic hydroxyl groups is 1. The van der Waals surface area contributed by atoms with Crippen molar-refractivity contribution in [2.24, 2.45) is 0 Å². The van der Waals surface area contributed by atoms with Crippen molar-refractivity contribution in [2.75, 3.05) is 25.0 Å². The molecule has 3 N–H and O–H groups in total. The third-order valence-corrected chi connectivity index (χ3v) is 11.0. The number of aliphatic hydroxyl groups excluding tert-OH is 1. The molecule has 5 heterocycles. The van der Waals surface area contributed by atoms with Crippen molar-refractivity contribution in [3.8, 4) is 28.7 Å². The van der Waals surface area contributed by atoms with Crippen LogP contribution in [0.3, 0.4) is 0 Å². The van der Waals surface area contributed by atoms with Crippen LogP contribution in [0, 0.1) is 25.2 Å². The lowest BCUT2D eigenvalue weighted by Crippen LogP contribution is -2.29. The predicted molar refractivity (Wildman–Crippen MR) is 208 cm³/mol. The van der Waals surface area contributed by atoms with Gasteiger partial charge in [-0.1, -0.05) is 24.3 Å². The molecule has 11 heteroatoms. The van der Waals surface area contributed by atoms with Gasteiger partial charge in [-0.3, -0.25) is 19.6 Å². The predicted octanol–water partition coefficient (Wildman–Crippen LogP) is 7.73. The van der Waals surface area contributed by atoms with Gasteiger partial charge < -0.3 is 19.9 Å². The molecule has 2 fully saturated rings. The van der Waals surface area contributed by atoms with Crippen LogP contribution in [0.2, 0.25) is 0 Å². The van der Waals surface area contributed by atoms with Crippen molar-refractivity contribution >= 4 is 39.5 Å². The Morgan fingerprint density at radius 2 is 1.80 bits per heavy atom. The summed E-state index contributed by atoms with van der Waals surface area (Å²) in [6.45, 7) is 8.03. The van der Waals surface area contributed by atoms with E-state index in [1.54, 1.807) is 6.20 Å². The Morgan fingerprint density at radius 3 is 2.59 bits per heavy atom. The molecule has 3 aromatic heterocycles. The molecule has 6 aromatic rings. The van der Waals surface area contributed by atoms with Gasteiger partial charge in [0.2, 0.25) is 5.89 Å². The van der Waals surface area contributed by atoms with Crippen LogP contribution in [0.15, 0.2) is 77.5 Å². The average molecular weight is 722 g/mol. The van der Waals surface area contributed by atoms with Gasteiger partial charge in [0, 0.05) is 67.7 Å². The number of carbonyl (C=O) groups is 1. The molecular formula is C43H43N7O4. The molecule has 8 rings (SSSR count). The number of carboxylic acid groups (broad SMARTS) is 1. The lowest BCUT2D eigenvalue weighted by atomic mass is 9.93. The summed E-state index contributed by atoms with van der Waals surface area (Å²) in [5.74, 6) is 0.364. The van der Waals surface area contributed by atoms with Gasteiger partial charge in [-0.15, -0.1) is 0 Å². The first-order valence-electron chi connectivity index (χ1n) is 18.6. The molecule has 0 radical (unpaired) electrons. The number of likely N-dealkylation sites (tertiary alicyclic amines) is 2. The molecular weight excluding hydrogens is 679 g/mol. The van der Waals surface area contributed by atoms with E-state index in [1.165, 1.54) is 0 Å². The summed E-state index contributed by atoms with van der Waals surface area (Å²) in [7, 11) is 0. The molecule has 0 amide bonds. The fourth-order valence-corrected chi connectivity index (χ4v) is 8.18. The maximum Gasteiger partial charge on any atom is 0.303 e. The molecule has 0 spiro atoms. The minimum Gasteiger partial charge on any atom is -0.481 e. The Bertz CT molecular complexity index is 2420. The summed E-state index contributed by atoms with van der Waals surface area (Å²) in [5, 5.41) is 33.8. The number of nitriles is 1. The monoisotopic (exact) mass is 721 g/mol. The number of hydrogen-bond donors (Lipinski definition) is 3. The zero-order valence-electron chi connectivity index (χ0n) is 30.5. The van der Waals surface area contributed by atoms with Gasteiger partial charge >= 0.3 is 5.97 Å². The number of hydrogen-bond acceptors (Lipinski definition) is 10. The number of anilines is 2. The highest BCUT2D eigenvalue weighted by atomic mass is 16.4. The lowest BCUT2D eigenvalue weighted by Gasteiger charge is -2.24. The molecule has 0 aliphatic carbocycles. The van der Waals surface area contributed by atoms with E-state index in [0.29, 0.717) is 47.9 Å². The van der Waals surface area contributed by atoms with Gasteiger partial charge in [0.1, 0.15) is 17.1 Å². The average Bonchev–Trinajstić information content (AvgIpc) is 3.91. The molecule has 2 atom stereocenters. The number of aromatic nitrogens is 3. The zero-order chi connectivity index (χ0) is 37.3. The molecule has 274 valence electrons. The van der Waals surface area contributed by atoms with Crippen LogP contribution in [0.4, 0.5) is 11.5 Å². The number of oxazole rings is 1. The molecule has 3 aromatic carbocycles. The Kier molecular flexibility index (Phi) is 9.82. The molecule has 11 nitrogen and oxygen atoms in total. The molecule has 2 aliphatic heterocycles. The fourth-order valence-electron chi connectivity index (χ4n) is 8.18. The number of nitrogens with zero attached hydrogens (tertiary/aromatic N) is 6. The summed E-state index contributed by atoms with van der Waals surface area (Å²) < 4.78 is 6.33. The number of fused-ring (bicyclic) bond motifs is 2. The van der Waals surface area contributed by atoms with Crippen molar-refractivity contribution < 1.29 is 19.4 Å². The Labute approximate surface area is 313 Å². The van der Waals surface area contributed by atoms with Crippen molar-refractivity contribution in [1.29, 1.82) is 5.26 Å². The van der Waals surface area contributed by atoms with E-state index in [9.17, 15) is 20.3 Å². The molecule has 2 aliphatic rings. The lowest BCUT2D eigenvalue weighted by molar-refractivity contribution is -0.137. The zero-order valence-corrected chi connectivity index (χ0v) is 30.5. The number of carboxylic acids is 1. The van der Waals surface area contributed by atoms with Crippen molar-refractivity contribution in [3.05, 3.63) is 101 Å². The highest BCUT2D eigenvalue weighted by Gasteiger charge is 2.26. The van der Waals surface area contributed by atoms with Gasteiger partial charge in [0.25, 0.3) is 0 Å². The molecule has 0 saturated carbocycles. The van der Waals surface area contributed by atoms with E-state index in [1.807, 2.05) is 48.7 Å². The van der Waals surface area contributed by atoms with Crippen LogP contribution in [0.25, 0.3) is 44.6 Å². The second-order valence-electron chi connectivity index (χ2n) is 14.7. The van der Waals surface area contributed by atoms with Gasteiger partial charge in [-0.05, 0) is 116 Å². The van der Waals surface area contributed by atoms with E-state index >= 15 is 0 Å². The minimum atomic E-state index is -0.773. The van der Waals surface area contributed by atoms with Crippen molar-refractivity contribution in [1.82, 2.24) is 24.8 Å². The highest BCUT2D eigenvalue weighted by Crippen LogP contribution is 2.38. The second kappa shape index (κ2) is 15.0. The SMILES string of the molecule is Cc1c(Nc2nccc3cc(CN4CC[C@@H](O)C4)cnc23)cccc1-c1cccc(-c2nc3cc(CN4CCCC4CCC(=O)O)cc(C#N)c3o2)c1C.